The predicted molar refractivity (Wildman–Crippen MR) is 71.0 cm³/mol. The van der Waals surface area contributed by atoms with Crippen LogP contribution in [0.25, 0.3) is 5.65 Å². The van der Waals surface area contributed by atoms with Gasteiger partial charge in [0.2, 0.25) is 0 Å². The second kappa shape index (κ2) is 4.85. The maximum atomic E-state index is 11.3. The summed E-state index contributed by atoms with van der Waals surface area (Å²) in [6.45, 7) is 1.99. The van der Waals surface area contributed by atoms with Crippen LogP contribution in [-0.4, -0.2) is 39.6 Å². The van der Waals surface area contributed by atoms with E-state index in [9.17, 15) is 4.79 Å². The van der Waals surface area contributed by atoms with E-state index in [0.29, 0.717) is 17.3 Å². The molecule has 1 aliphatic rings. The number of carbonyl (C=O) groups excluding carboxylic acids is 1. The van der Waals surface area contributed by atoms with Crippen LogP contribution in [0.1, 0.15) is 23.2 Å². The van der Waals surface area contributed by atoms with E-state index in [2.05, 4.69) is 20.7 Å². The highest BCUT2D eigenvalue weighted by Gasteiger charge is 2.15. The summed E-state index contributed by atoms with van der Waals surface area (Å²) in [5.74, 6) is 0.225. The molecule has 1 atom stereocenters. The molecule has 1 amide bonds. The minimum absolute atomic E-state index is 0.338. The average molecular weight is 260 g/mol. The van der Waals surface area contributed by atoms with Crippen LogP contribution in [0.2, 0.25) is 0 Å². The van der Waals surface area contributed by atoms with Crippen molar-refractivity contribution >= 4 is 17.4 Å². The highest BCUT2D eigenvalue weighted by Crippen LogP contribution is 2.13. The Labute approximate surface area is 110 Å². The number of rotatable bonds is 3. The molecule has 19 heavy (non-hydrogen) atoms. The van der Waals surface area contributed by atoms with Crippen LogP contribution in [0.4, 0.5) is 5.82 Å². The Hall–Kier alpha value is -2.15. The Balaban J connectivity index is 1.87. The van der Waals surface area contributed by atoms with Crippen molar-refractivity contribution in [2.45, 2.75) is 18.9 Å². The molecular weight excluding hydrogens is 244 g/mol. The molecule has 7 nitrogen and oxygen atoms in total. The number of anilines is 1. The van der Waals surface area contributed by atoms with Crippen LogP contribution >= 0.6 is 0 Å². The summed E-state index contributed by atoms with van der Waals surface area (Å²) in [7, 11) is 0. The highest BCUT2D eigenvalue weighted by molar-refractivity contribution is 5.98. The van der Waals surface area contributed by atoms with E-state index in [0.717, 1.165) is 31.7 Å². The first kappa shape index (κ1) is 11.9. The van der Waals surface area contributed by atoms with Gasteiger partial charge in [-0.15, -0.1) is 0 Å². The third kappa shape index (κ3) is 2.37. The van der Waals surface area contributed by atoms with Crippen molar-refractivity contribution in [3.8, 4) is 0 Å². The van der Waals surface area contributed by atoms with Gasteiger partial charge in [-0.1, -0.05) is 0 Å². The number of nitrogens with two attached hydrogens (primary N) is 1. The minimum Gasteiger partial charge on any atom is -0.366 e. The van der Waals surface area contributed by atoms with Crippen molar-refractivity contribution in [1.29, 1.82) is 0 Å². The van der Waals surface area contributed by atoms with Gasteiger partial charge in [0.15, 0.2) is 5.65 Å². The number of hydrogen-bond acceptors (Lipinski definition) is 5. The van der Waals surface area contributed by atoms with Gasteiger partial charge in [0.05, 0.1) is 6.20 Å². The molecule has 3 heterocycles. The fraction of sp³-hybridized carbons (Fsp3) is 0.417. The van der Waals surface area contributed by atoms with Gasteiger partial charge in [-0.05, 0) is 25.5 Å². The number of carbonyl (C=O) groups is 1. The molecule has 0 spiro atoms. The van der Waals surface area contributed by atoms with Crippen molar-refractivity contribution in [3.63, 3.8) is 0 Å². The molecule has 2 aromatic rings. The Morgan fingerprint density at radius 2 is 2.47 bits per heavy atom. The lowest BCUT2D eigenvalue weighted by Crippen LogP contribution is -2.38. The van der Waals surface area contributed by atoms with E-state index >= 15 is 0 Å². The van der Waals surface area contributed by atoms with Crippen molar-refractivity contribution in [1.82, 2.24) is 19.9 Å². The van der Waals surface area contributed by atoms with E-state index in [4.69, 9.17) is 5.73 Å². The lowest BCUT2D eigenvalue weighted by Gasteiger charge is -2.24. The summed E-state index contributed by atoms with van der Waals surface area (Å²) >= 11 is 0. The minimum atomic E-state index is -0.515. The van der Waals surface area contributed by atoms with E-state index in [1.807, 2.05) is 6.07 Å². The zero-order valence-corrected chi connectivity index (χ0v) is 10.5. The highest BCUT2D eigenvalue weighted by atomic mass is 16.1. The lowest BCUT2D eigenvalue weighted by atomic mass is 10.1. The zero-order chi connectivity index (χ0) is 13.2. The van der Waals surface area contributed by atoms with Crippen molar-refractivity contribution in [2.24, 2.45) is 5.73 Å². The molecule has 7 heteroatoms. The van der Waals surface area contributed by atoms with Gasteiger partial charge in [-0.2, -0.15) is 5.10 Å². The largest absolute Gasteiger partial charge is 0.366 e. The number of primary amides is 1. The molecule has 0 aliphatic carbocycles. The Kier molecular flexibility index (Phi) is 3.04. The van der Waals surface area contributed by atoms with Crippen LogP contribution in [0.3, 0.4) is 0 Å². The molecule has 3 rings (SSSR count). The molecule has 0 aromatic carbocycles. The van der Waals surface area contributed by atoms with E-state index in [-0.39, 0.29) is 0 Å². The van der Waals surface area contributed by atoms with E-state index < -0.39 is 5.91 Å². The SMILES string of the molecule is NC(=O)c1cnn2ccc(NC3CCCNC3)nc12. The third-order valence-electron chi connectivity index (χ3n) is 3.28. The standard InChI is InChI=1S/C12H16N6O/c13-11(19)9-7-15-18-5-3-10(17-12(9)18)16-8-2-1-4-14-6-8/h3,5,7-8,14H,1-2,4,6H2,(H2,13,19)(H,16,17). The van der Waals surface area contributed by atoms with Gasteiger partial charge in [0.25, 0.3) is 5.91 Å². The number of aromatic nitrogens is 3. The van der Waals surface area contributed by atoms with Gasteiger partial charge in [0, 0.05) is 18.8 Å². The van der Waals surface area contributed by atoms with Gasteiger partial charge in [-0.25, -0.2) is 9.50 Å². The topological polar surface area (TPSA) is 97.3 Å². The molecule has 2 aromatic heterocycles. The smallest absolute Gasteiger partial charge is 0.254 e. The maximum absolute atomic E-state index is 11.3. The molecule has 100 valence electrons. The Morgan fingerprint density at radius 3 is 3.21 bits per heavy atom. The summed E-state index contributed by atoms with van der Waals surface area (Å²) in [5, 5.41) is 10.7. The maximum Gasteiger partial charge on any atom is 0.254 e. The summed E-state index contributed by atoms with van der Waals surface area (Å²) in [4.78, 5) is 15.7. The lowest BCUT2D eigenvalue weighted by molar-refractivity contribution is 0.100. The number of nitrogens with zero attached hydrogens (tertiary/aromatic N) is 3. The molecule has 0 saturated carbocycles. The first-order valence-electron chi connectivity index (χ1n) is 6.35. The van der Waals surface area contributed by atoms with Crippen molar-refractivity contribution in [2.75, 3.05) is 18.4 Å². The summed E-state index contributed by atoms with van der Waals surface area (Å²) in [6, 6.07) is 2.21. The monoisotopic (exact) mass is 260 g/mol. The number of hydrogen-bond donors (Lipinski definition) is 3. The van der Waals surface area contributed by atoms with Crippen LogP contribution < -0.4 is 16.4 Å². The number of fused-ring (bicyclic) bond motifs is 1. The van der Waals surface area contributed by atoms with Crippen molar-refractivity contribution in [3.05, 3.63) is 24.0 Å². The molecule has 4 N–H and O–H groups in total. The number of nitrogens with one attached hydrogen (secondary N) is 2. The molecule has 1 fully saturated rings. The second-order valence-corrected chi connectivity index (χ2v) is 4.69. The number of amides is 1. The quantitative estimate of drug-likeness (QED) is 0.721. The van der Waals surface area contributed by atoms with Crippen LogP contribution in [0, 0.1) is 0 Å². The van der Waals surface area contributed by atoms with Crippen molar-refractivity contribution < 1.29 is 4.79 Å². The van der Waals surface area contributed by atoms with Crippen LogP contribution in [0.15, 0.2) is 18.5 Å². The van der Waals surface area contributed by atoms with E-state index in [1.165, 1.54) is 6.20 Å². The molecule has 1 saturated heterocycles. The van der Waals surface area contributed by atoms with Gasteiger partial charge < -0.3 is 16.4 Å². The molecular formula is C12H16N6O. The molecule has 1 aliphatic heterocycles. The summed E-state index contributed by atoms with van der Waals surface area (Å²) in [5.41, 5.74) is 6.12. The first-order valence-corrected chi connectivity index (χ1v) is 6.35. The normalized spacial score (nSPS) is 19.5. The van der Waals surface area contributed by atoms with Crippen LogP contribution in [0.5, 0.6) is 0 Å². The Morgan fingerprint density at radius 1 is 1.58 bits per heavy atom. The number of piperidine rings is 1. The van der Waals surface area contributed by atoms with Gasteiger partial charge >= 0.3 is 0 Å². The second-order valence-electron chi connectivity index (χ2n) is 4.69. The molecule has 0 bridgehead atoms. The third-order valence-corrected chi connectivity index (χ3v) is 3.28. The zero-order valence-electron chi connectivity index (χ0n) is 10.5. The van der Waals surface area contributed by atoms with E-state index in [1.54, 1.807) is 10.7 Å². The van der Waals surface area contributed by atoms with Crippen LogP contribution in [-0.2, 0) is 0 Å². The summed E-state index contributed by atoms with van der Waals surface area (Å²) in [6.07, 6.45) is 5.48. The predicted octanol–water partition coefficient (Wildman–Crippen LogP) is -0.00790. The average Bonchev–Trinajstić information content (AvgIpc) is 2.83. The Bertz CT molecular complexity index is 601. The fourth-order valence-electron chi connectivity index (χ4n) is 2.31. The summed E-state index contributed by atoms with van der Waals surface area (Å²) < 4.78 is 1.55. The first-order chi connectivity index (χ1) is 9.24. The fourth-order valence-corrected chi connectivity index (χ4v) is 2.31. The van der Waals surface area contributed by atoms with Gasteiger partial charge in [-0.3, -0.25) is 4.79 Å². The van der Waals surface area contributed by atoms with Gasteiger partial charge in [0.1, 0.15) is 11.4 Å². The molecule has 0 radical (unpaired) electrons. The molecule has 1 unspecified atom stereocenters.